The second-order valence-electron chi connectivity index (χ2n) is 7.10. The van der Waals surface area contributed by atoms with Gasteiger partial charge < -0.3 is 5.32 Å². The lowest BCUT2D eigenvalue weighted by Gasteiger charge is -2.17. The summed E-state index contributed by atoms with van der Waals surface area (Å²) in [4.78, 5) is 27.9. The maximum atomic E-state index is 13.4. The lowest BCUT2D eigenvalue weighted by Crippen LogP contribution is -2.32. The number of nitrogens with one attached hydrogen (secondary N) is 1. The lowest BCUT2D eigenvalue weighted by atomic mass is 10.0. The Bertz CT molecular complexity index is 1200. The fraction of sp³-hybridized carbons (Fsp3) is 0.0833. The zero-order valence-electron chi connectivity index (χ0n) is 16.4. The van der Waals surface area contributed by atoms with E-state index in [1.165, 1.54) is 0 Å². The fourth-order valence-electron chi connectivity index (χ4n) is 3.39. The highest BCUT2D eigenvalue weighted by atomic mass is 35.5. The largest absolute Gasteiger partial charge is 0.350 e. The summed E-state index contributed by atoms with van der Waals surface area (Å²) in [5.74, 6) is -0.885. The first-order chi connectivity index (χ1) is 14.4. The van der Waals surface area contributed by atoms with E-state index in [2.05, 4.69) is 5.32 Å². The zero-order valence-corrected chi connectivity index (χ0v) is 17.9. The van der Waals surface area contributed by atoms with E-state index in [-0.39, 0.29) is 5.70 Å². The molecule has 0 aromatic heterocycles. The van der Waals surface area contributed by atoms with Crippen LogP contribution in [0.15, 0.2) is 72.4 Å². The van der Waals surface area contributed by atoms with Crippen LogP contribution in [0.3, 0.4) is 0 Å². The van der Waals surface area contributed by atoms with Crippen LogP contribution in [0.2, 0.25) is 10.0 Å². The SMILES string of the molecule is Cc1ccc(C2=C(Nc3ccc(Cl)cc3C)C(=O)N(c3ccccc3Cl)C2=O)cc1. The van der Waals surface area contributed by atoms with Crippen LogP contribution >= 0.6 is 23.2 Å². The van der Waals surface area contributed by atoms with Crippen molar-refractivity contribution in [3.8, 4) is 0 Å². The number of aryl methyl sites for hydroxylation is 2. The van der Waals surface area contributed by atoms with Gasteiger partial charge in [0.15, 0.2) is 0 Å². The summed E-state index contributed by atoms with van der Waals surface area (Å²) >= 11 is 12.4. The van der Waals surface area contributed by atoms with Crippen molar-refractivity contribution in [2.45, 2.75) is 13.8 Å². The summed E-state index contributed by atoms with van der Waals surface area (Å²) in [7, 11) is 0. The molecule has 0 atom stereocenters. The quantitative estimate of drug-likeness (QED) is 0.509. The van der Waals surface area contributed by atoms with Gasteiger partial charge in [-0.1, -0.05) is 65.2 Å². The number of amides is 2. The second-order valence-corrected chi connectivity index (χ2v) is 7.94. The number of rotatable bonds is 4. The molecular formula is C24H18Cl2N2O2. The molecule has 0 radical (unpaired) electrons. The van der Waals surface area contributed by atoms with Crippen LogP contribution in [0, 0.1) is 13.8 Å². The highest BCUT2D eigenvalue weighted by molar-refractivity contribution is 6.48. The predicted molar refractivity (Wildman–Crippen MR) is 122 cm³/mol. The van der Waals surface area contributed by atoms with Crippen molar-refractivity contribution in [3.05, 3.63) is 99.2 Å². The number of nitrogens with zero attached hydrogens (tertiary/aromatic N) is 1. The van der Waals surface area contributed by atoms with Crippen LogP contribution in [0.5, 0.6) is 0 Å². The van der Waals surface area contributed by atoms with E-state index < -0.39 is 11.8 Å². The summed E-state index contributed by atoms with van der Waals surface area (Å²) in [6, 6.07) is 19.6. The molecule has 6 heteroatoms. The van der Waals surface area contributed by atoms with Gasteiger partial charge in [-0.15, -0.1) is 0 Å². The summed E-state index contributed by atoms with van der Waals surface area (Å²) in [6.45, 7) is 3.85. The van der Waals surface area contributed by atoms with Crippen molar-refractivity contribution < 1.29 is 9.59 Å². The van der Waals surface area contributed by atoms with E-state index in [0.29, 0.717) is 32.6 Å². The topological polar surface area (TPSA) is 49.4 Å². The predicted octanol–water partition coefficient (Wildman–Crippen LogP) is 6.01. The van der Waals surface area contributed by atoms with Gasteiger partial charge in [0, 0.05) is 10.7 Å². The molecule has 30 heavy (non-hydrogen) atoms. The first-order valence-electron chi connectivity index (χ1n) is 9.34. The van der Waals surface area contributed by atoms with Crippen molar-refractivity contribution in [2.24, 2.45) is 0 Å². The molecule has 0 bridgehead atoms. The molecule has 3 aromatic carbocycles. The van der Waals surface area contributed by atoms with Gasteiger partial charge in [-0.05, 0) is 55.3 Å². The number of carbonyl (C=O) groups excluding carboxylic acids is 2. The Labute approximate surface area is 184 Å². The number of hydrogen-bond acceptors (Lipinski definition) is 3. The number of carbonyl (C=O) groups is 2. The van der Waals surface area contributed by atoms with Gasteiger partial charge >= 0.3 is 0 Å². The number of halogens is 2. The standard InChI is InChI=1S/C24H18Cl2N2O2/c1-14-7-9-16(10-8-14)21-22(27-19-12-11-17(25)13-15(19)2)24(30)28(23(21)29)20-6-4-3-5-18(20)26/h3-13,27H,1-2H3. The average molecular weight is 437 g/mol. The first-order valence-corrected chi connectivity index (χ1v) is 10.1. The van der Waals surface area contributed by atoms with Crippen LogP contribution in [-0.4, -0.2) is 11.8 Å². The molecule has 3 aromatic rings. The van der Waals surface area contributed by atoms with E-state index in [9.17, 15) is 9.59 Å². The molecule has 150 valence electrons. The number of imide groups is 1. The zero-order chi connectivity index (χ0) is 21.4. The monoisotopic (exact) mass is 436 g/mol. The summed E-state index contributed by atoms with van der Waals surface area (Å²) in [5, 5.41) is 4.08. The van der Waals surface area contributed by atoms with Crippen LogP contribution in [0.4, 0.5) is 11.4 Å². The van der Waals surface area contributed by atoms with Gasteiger partial charge in [0.1, 0.15) is 5.70 Å². The molecule has 2 amide bonds. The van der Waals surface area contributed by atoms with Crippen LogP contribution in [0.1, 0.15) is 16.7 Å². The van der Waals surface area contributed by atoms with Gasteiger partial charge in [-0.25, -0.2) is 4.90 Å². The van der Waals surface area contributed by atoms with E-state index in [0.717, 1.165) is 16.0 Å². The van der Waals surface area contributed by atoms with Crippen molar-refractivity contribution in [1.82, 2.24) is 0 Å². The number of hydrogen-bond donors (Lipinski definition) is 1. The lowest BCUT2D eigenvalue weighted by molar-refractivity contribution is -0.120. The van der Waals surface area contributed by atoms with Crippen molar-refractivity contribution in [2.75, 3.05) is 10.2 Å². The molecule has 0 fully saturated rings. The Morgan fingerprint density at radius 3 is 2.20 bits per heavy atom. The maximum Gasteiger partial charge on any atom is 0.282 e. The third-order valence-electron chi connectivity index (χ3n) is 4.97. The van der Waals surface area contributed by atoms with Crippen LogP contribution < -0.4 is 10.2 Å². The van der Waals surface area contributed by atoms with Gasteiger partial charge in [-0.3, -0.25) is 9.59 Å². The van der Waals surface area contributed by atoms with Crippen LogP contribution in [0.25, 0.3) is 5.57 Å². The van der Waals surface area contributed by atoms with E-state index in [1.54, 1.807) is 42.5 Å². The third-order valence-corrected chi connectivity index (χ3v) is 5.52. The molecule has 4 rings (SSSR count). The minimum Gasteiger partial charge on any atom is -0.350 e. The Kier molecular flexibility index (Phi) is 5.37. The minimum atomic E-state index is -0.460. The van der Waals surface area contributed by atoms with Gasteiger partial charge in [0.25, 0.3) is 11.8 Å². The summed E-state index contributed by atoms with van der Waals surface area (Å²) in [6.07, 6.45) is 0. The molecule has 1 aliphatic heterocycles. The minimum absolute atomic E-state index is 0.203. The Morgan fingerprint density at radius 2 is 1.53 bits per heavy atom. The maximum absolute atomic E-state index is 13.4. The van der Waals surface area contributed by atoms with Gasteiger partial charge in [0.2, 0.25) is 0 Å². The fourth-order valence-corrected chi connectivity index (χ4v) is 3.83. The second kappa shape index (κ2) is 7.98. The molecule has 0 spiro atoms. The molecule has 0 aliphatic carbocycles. The number of benzene rings is 3. The van der Waals surface area contributed by atoms with Crippen molar-refractivity contribution in [1.29, 1.82) is 0 Å². The number of anilines is 2. The first kappa shape index (κ1) is 20.2. The molecular weight excluding hydrogens is 419 g/mol. The Hall–Kier alpha value is -3.08. The van der Waals surface area contributed by atoms with Crippen LogP contribution in [-0.2, 0) is 9.59 Å². The Balaban J connectivity index is 1.86. The molecule has 0 unspecified atom stereocenters. The van der Waals surface area contributed by atoms with Gasteiger partial charge in [-0.2, -0.15) is 0 Å². The Morgan fingerprint density at radius 1 is 0.833 bits per heavy atom. The summed E-state index contributed by atoms with van der Waals surface area (Å²) in [5.41, 5.74) is 4.12. The molecule has 0 saturated heterocycles. The van der Waals surface area contributed by atoms with E-state index in [4.69, 9.17) is 23.2 Å². The van der Waals surface area contributed by atoms with Crippen molar-refractivity contribution >= 4 is 52.0 Å². The van der Waals surface area contributed by atoms with E-state index >= 15 is 0 Å². The van der Waals surface area contributed by atoms with Crippen molar-refractivity contribution in [3.63, 3.8) is 0 Å². The normalized spacial score (nSPS) is 13.9. The third kappa shape index (κ3) is 3.60. The summed E-state index contributed by atoms with van der Waals surface area (Å²) < 4.78 is 0. The highest BCUT2D eigenvalue weighted by Crippen LogP contribution is 2.37. The average Bonchev–Trinajstić information content (AvgIpc) is 2.95. The van der Waals surface area contributed by atoms with Gasteiger partial charge in [0.05, 0.1) is 16.3 Å². The highest BCUT2D eigenvalue weighted by Gasteiger charge is 2.41. The van der Waals surface area contributed by atoms with E-state index in [1.807, 2.05) is 38.1 Å². The molecule has 1 heterocycles. The number of para-hydroxylation sites is 1. The molecule has 1 N–H and O–H groups in total. The molecule has 1 aliphatic rings. The molecule has 0 saturated carbocycles. The smallest absolute Gasteiger partial charge is 0.282 e. The molecule has 4 nitrogen and oxygen atoms in total.